The second kappa shape index (κ2) is 13.1. The third-order valence-corrected chi connectivity index (χ3v) is 6.65. The summed E-state index contributed by atoms with van der Waals surface area (Å²) < 4.78 is 11.5. The highest BCUT2D eigenvalue weighted by Gasteiger charge is 2.37. The van der Waals surface area contributed by atoms with E-state index in [0.717, 1.165) is 16.0 Å². The molecule has 1 aliphatic heterocycles. The van der Waals surface area contributed by atoms with Gasteiger partial charge in [-0.1, -0.05) is 59.6 Å². The van der Waals surface area contributed by atoms with Gasteiger partial charge in [0.15, 0.2) is 6.61 Å². The van der Waals surface area contributed by atoms with Crippen LogP contribution in [0.1, 0.15) is 16.7 Å². The Labute approximate surface area is 252 Å². The molecule has 0 aliphatic carbocycles. The van der Waals surface area contributed by atoms with Gasteiger partial charge in [0, 0.05) is 16.3 Å². The second-order valence-electron chi connectivity index (χ2n) is 9.61. The number of hydrogen-bond acceptors (Lipinski definition) is 6. The first-order valence-corrected chi connectivity index (χ1v) is 13.6. The number of imide groups is 2. The summed E-state index contributed by atoms with van der Waals surface area (Å²) in [5, 5.41) is 5.24. The minimum Gasteiger partial charge on any atom is -0.489 e. The topological polar surface area (TPSA) is 114 Å². The van der Waals surface area contributed by atoms with Crippen LogP contribution in [0.5, 0.6) is 11.5 Å². The smallest absolute Gasteiger partial charge is 0.335 e. The number of carbonyl (C=O) groups excluding carboxylic acids is 4. The van der Waals surface area contributed by atoms with Crippen LogP contribution in [0, 0.1) is 6.92 Å². The Hall–Kier alpha value is -5.41. The Balaban J connectivity index is 1.32. The molecule has 0 atom stereocenters. The Kier molecular flexibility index (Phi) is 8.83. The average Bonchev–Trinajstić information content (AvgIpc) is 3.00. The lowest BCUT2D eigenvalue weighted by atomic mass is 10.1. The molecule has 4 aromatic carbocycles. The van der Waals surface area contributed by atoms with Crippen LogP contribution in [0.25, 0.3) is 6.08 Å². The van der Waals surface area contributed by atoms with Gasteiger partial charge in [-0.3, -0.25) is 19.7 Å². The molecule has 4 aromatic rings. The number of urea groups is 1. The van der Waals surface area contributed by atoms with E-state index in [1.54, 1.807) is 42.5 Å². The lowest BCUT2D eigenvalue weighted by Crippen LogP contribution is -2.54. The van der Waals surface area contributed by atoms with Crippen LogP contribution in [-0.4, -0.2) is 30.4 Å². The maximum Gasteiger partial charge on any atom is 0.335 e. The fourth-order valence-corrected chi connectivity index (χ4v) is 4.40. The van der Waals surface area contributed by atoms with Crippen LogP contribution in [-0.2, 0) is 21.0 Å². The van der Waals surface area contributed by atoms with Crippen molar-refractivity contribution >= 4 is 52.8 Å². The molecule has 9 nitrogen and oxygen atoms in total. The van der Waals surface area contributed by atoms with E-state index in [1.807, 2.05) is 49.4 Å². The molecule has 0 unspecified atom stereocenters. The van der Waals surface area contributed by atoms with Gasteiger partial charge in [-0.05, 0) is 73.2 Å². The number of carbonyl (C=O) groups is 4. The molecule has 1 heterocycles. The van der Waals surface area contributed by atoms with Crippen LogP contribution in [0.2, 0.25) is 5.02 Å². The SMILES string of the molecule is Cc1ccc(NC(=O)COc2ccc(Cl)cc2/C=C2\C(=O)NC(=O)N(c3ccc(OCc4ccccc4)cc3)C2=O)cc1. The fourth-order valence-electron chi connectivity index (χ4n) is 4.22. The normalized spacial score (nSPS) is 14.0. The van der Waals surface area contributed by atoms with Crippen LogP contribution in [0.4, 0.5) is 16.2 Å². The zero-order valence-electron chi connectivity index (χ0n) is 23.0. The fraction of sp³-hybridized carbons (Fsp3) is 0.0909. The highest BCUT2D eigenvalue weighted by Crippen LogP contribution is 2.29. The molecule has 2 N–H and O–H groups in total. The molecule has 0 radical (unpaired) electrons. The largest absolute Gasteiger partial charge is 0.489 e. The molecule has 5 rings (SSSR count). The zero-order chi connectivity index (χ0) is 30.3. The third kappa shape index (κ3) is 7.27. The average molecular weight is 596 g/mol. The summed E-state index contributed by atoms with van der Waals surface area (Å²) in [5.74, 6) is -1.37. The van der Waals surface area contributed by atoms with Gasteiger partial charge in [-0.25, -0.2) is 9.69 Å². The van der Waals surface area contributed by atoms with Gasteiger partial charge in [0.25, 0.3) is 17.7 Å². The number of hydrogen-bond donors (Lipinski definition) is 2. The lowest BCUT2D eigenvalue weighted by Gasteiger charge is -2.26. The molecule has 5 amide bonds. The van der Waals surface area contributed by atoms with E-state index in [4.69, 9.17) is 21.1 Å². The van der Waals surface area contributed by atoms with E-state index in [2.05, 4.69) is 10.6 Å². The van der Waals surface area contributed by atoms with Gasteiger partial charge < -0.3 is 14.8 Å². The van der Waals surface area contributed by atoms with Crippen molar-refractivity contribution in [2.24, 2.45) is 0 Å². The van der Waals surface area contributed by atoms with Crippen molar-refractivity contribution < 1.29 is 28.7 Å². The van der Waals surface area contributed by atoms with E-state index in [9.17, 15) is 19.2 Å². The number of barbiturate groups is 1. The maximum absolute atomic E-state index is 13.4. The minimum absolute atomic E-state index is 0.208. The molecule has 0 saturated carbocycles. The van der Waals surface area contributed by atoms with E-state index >= 15 is 0 Å². The first-order valence-electron chi connectivity index (χ1n) is 13.2. The van der Waals surface area contributed by atoms with E-state index in [1.165, 1.54) is 18.2 Å². The number of rotatable bonds is 9. The van der Waals surface area contributed by atoms with Gasteiger partial charge in [-0.15, -0.1) is 0 Å². The summed E-state index contributed by atoms with van der Waals surface area (Å²) in [7, 11) is 0. The molecule has 0 bridgehead atoms. The van der Waals surface area contributed by atoms with Crippen LogP contribution >= 0.6 is 11.6 Å². The van der Waals surface area contributed by atoms with Gasteiger partial charge in [0.2, 0.25) is 0 Å². The number of ether oxygens (including phenoxy) is 2. The van der Waals surface area contributed by atoms with Gasteiger partial charge in [0.1, 0.15) is 23.7 Å². The van der Waals surface area contributed by atoms with Crippen molar-refractivity contribution in [1.29, 1.82) is 0 Å². The molecular formula is C33H26ClN3O6. The minimum atomic E-state index is -0.888. The molecule has 43 heavy (non-hydrogen) atoms. The summed E-state index contributed by atoms with van der Waals surface area (Å²) in [6.45, 7) is 1.95. The highest BCUT2D eigenvalue weighted by atomic mass is 35.5. The number of aryl methyl sites for hydroxylation is 1. The van der Waals surface area contributed by atoms with Gasteiger partial charge >= 0.3 is 6.03 Å². The van der Waals surface area contributed by atoms with E-state index in [-0.39, 0.29) is 29.2 Å². The predicted molar refractivity (Wildman–Crippen MR) is 163 cm³/mol. The third-order valence-electron chi connectivity index (χ3n) is 6.41. The lowest BCUT2D eigenvalue weighted by molar-refractivity contribution is -0.122. The summed E-state index contributed by atoms with van der Waals surface area (Å²) in [4.78, 5) is 52.2. The first-order chi connectivity index (χ1) is 20.8. The van der Waals surface area contributed by atoms with Crippen molar-refractivity contribution in [2.75, 3.05) is 16.8 Å². The van der Waals surface area contributed by atoms with Crippen molar-refractivity contribution in [3.8, 4) is 11.5 Å². The maximum atomic E-state index is 13.4. The number of nitrogens with one attached hydrogen (secondary N) is 2. The molecule has 0 spiro atoms. The summed E-state index contributed by atoms with van der Waals surface area (Å²) in [6.07, 6.45) is 1.27. The highest BCUT2D eigenvalue weighted by molar-refractivity contribution is 6.39. The number of anilines is 2. The van der Waals surface area contributed by atoms with E-state index < -0.39 is 23.8 Å². The number of halogens is 1. The number of benzene rings is 4. The molecule has 1 aliphatic rings. The van der Waals surface area contributed by atoms with Crippen LogP contribution in [0.15, 0.2) is 103 Å². The van der Waals surface area contributed by atoms with Crippen molar-refractivity contribution in [3.05, 3.63) is 124 Å². The molecule has 216 valence electrons. The standard InChI is InChI=1S/C33H26ClN3O6/c1-21-7-10-25(11-8-21)35-30(38)20-43-29-16-9-24(34)17-23(29)18-28-31(39)36-33(41)37(32(28)40)26-12-14-27(15-13-26)42-19-22-5-3-2-4-6-22/h2-18H,19-20H2,1H3,(H,35,38)(H,36,39,41)/b28-18+. The Morgan fingerprint density at radius 2 is 1.63 bits per heavy atom. The van der Waals surface area contributed by atoms with Crippen LogP contribution in [0.3, 0.4) is 0 Å². The van der Waals surface area contributed by atoms with Gasteiger partial charge in [0.05, 0.1) is 5.69 Å². The zero-order valence-corrected chi connectivity index (χ0v) is 23.8. The molecular weight excluding hydrogens is 570 g/mol. The van der Waals surface area contributed by atoms with Crippen molar-refractivity contribution in [1.82, 2.24) is 5.32 Å². The second-order valence-corrected chi connectivity index (χ2v) is 10.0. The molecule has 1 fully saturated rings. The Morgan fingerprint density at radius 3 is 2.35 bits per heavy atom. The van der Waals surface area contributed by atoms with Gasteiger partial charge in [-0.2, -0.15) is 0 Å². The number of nitrogens with zero attached hydrogens (tertiary/aromatic N) is 1. The quantitative estimate of drug-likeness (QED) is 0.184. The molecule has 1 saturated heterocycles. The monoisotopic (exact) mass is 595 g/mol. The van der Waals surface area contributed by atoms with Crippen LogP contribution < -0.4 is 25.0 Å². The van der Waals surface area contributed by atoms with E-state index in [0.29, 0.717) is 23.1 Å². The summed E-state index contributed by atoms with van der Waals surface area (Å²) in [5.41, 5.74) is 2.85. The first kappa shape index (κ1) is 29.1. The van der Waals surface area contributed by atoms with Crippen molar-refractivity contribution in [2.45, 2.75) is 13.5 Å². The Bertz CT molecular complexity index is 1700. The molecule has 0 aromatic heterocycles. The Morgan fingerprint density at radius 1 is 0.907 bits per heavy atom. The van der Waals surface area contributed by atoms with Crippen molar-refractivity contribution in [3.63, 3.8) is 0 Å². The number of amides is 5. The molecule has 10 heteroatoms. The predicted octanol–water partition coefficient (Wildman–Crippen LogP) is 5.91. The summed E-state index contributed by atoms with van der Waals surface area (Å²) >= 11 is 6.19. The summed E-state index contributed by atoms with van der Waals surface area (Å²) in [6, 6.07) is 26.9.